The van der Waals surface area contributed by atoms with Crippen LogP contribution in [0, 0.1) is 0 Å². The maximum Gasteiger partial charge on any atom is 0.336 e. The predicted molar refractivity (Wildman–Crippen MR) is 121 cm³/mol. The van der Waals surface area contributed by atoms with Crippen LogP contribution < -0.4 is 14.2 Å². The summed E-state index contributed by atoms with van der Waals surface area (Å²) in [4.78, 5) is 16.6. The van der Waals surface area contributed by atoms with Gasteiger partial charge in [0.2, 0.25) is 0 Å². The average Bonchev–Trinajstić information content (AvgIpc) is 2.79. The highest BCUT2D eigenvalue weighted by Crippen LogP contribution is 2.36. The van der Waals surface area contributed by atoms with Gasteiger partial charge in [-0.05, 0) is 65.7 Å². The van der Waals surface area contributed by atoms with Crippen LogP contribution in [0.15, 0.2) is 71.7 Å². The molecule has 0 fully saturated rings. The van der Waals surface area contributed by atoms with Crippen LogP contribution in [0.1, 0.15) is 11.1 Å². The smallest absolute Gasteiger partial charge is 0.336 e. The largest absolute Gasteiger partial charge is 0.508 e. The number of hydrogen-bond donors (Lipinski definition) is 1. The third-order valence-electron chi connectivity index (χ3n) is 4.19. The number of methoxy groups -OCH3 is 2. The minimum Gasteiger partial charge on any atom is -0.508 e. The van der Waals surface area contributed by atoms with Crippen LogP contribution in [-0.4, -0.2) is 31.5 Å². The van der Waals surface area contributed by atoms with E-state index in [1.54, 1.807) is 67.9 Å². The van der Waals surface area contributed by atoms with Crippen molar-refractivity contribution < 1.29 is 24.1 Å². The number of aliphatic imine (C=N–C) groups is 1. The van der Waals surface area contributed by atoms with Gasteiger partial charge >= 0.3 is 5.97 Å². The summed E-state index contributed by atoms with van der Waals surface area (Å²) in [7, 11) is 3.04. The number of rotatable bonds is 7. The second kappa shape index (κ2) is 10.3. The Morgan fingerprint density at radius 3 is 2.32 bits per heavy atom. The van der Waals surface area contributed by atoms with Crippen molar-refractivity contribution in [2.45, 2.75) is 0 Å². The number of ether oxygens (including phenoxy) is 3. The summed E-state index contributed by atoms with van der Waals surface area (Å²) in [5, 5.41) is 9.54. The maximum absolute atomic E-state index is 12.3. The molecule has 0 aliphatic heterocycles. The quantitative estimate of drug-likeness (QED) is 0.231. The number of benzene rings is 3. The number of nitrogens with zero attached hydrogens (tertiary/aromatic N) is 1. The predicted octanol–water partition coefficient (Wildman–Crippen LogP) is 5.43. The van der Waals surface area contributed by atoms with Gasteiger partial charge in [0, 0.05) is 12.3 Å². The molecule has 0 heterocycles. The molecule has 0 saturated heterocycles. The molecule has 3 aromatic rings. The fraction of sp³-hybridized carbons (Fsp3) is 0.0833. The van der Waals surface area contributed by atoms with E-state index < -0.39 is 5.97 Å². The fourth-order valence-corrected chi connectivity index (χ4v) is 2.87. The lowest BCUT2D eigenvalue weighted by atomic mass is 10.2. The summed E-state index contributed by atoms with van der Waals surface area (Å²) in [6, 6.07) is 16.9. The topological polar surface area (TPSA) is 77.4 Å². The summed E-state index contributed by atoms with van der Waals surface area (Å²) >= 11 is 6.32. The molecule has 3 rings (SSSR count). The molecular weight excluding hydrogens is 418 g/mol. The first-order chi connectivity index (χ1) is 15.0. The second-order valence-electron chi connectivity index (χ2n) is 6.34. The molecule has 0 aliphatic rings. The first-order valence-electron chi connectivity index (χ1n) is 9.23. The van der Waals surface area contributed by atoms with E-state index in [9.17, 15) is 9.90 Å². The highest BCUT2D eigenvalue weighted by atomic mass is 35.5. The minimum atomic E-state index is -0.596. The van der Waals surface area contributed by atoms with Crippen molar-refractivity contribution >= 4 is 35.5 Å². The summed E-state index contributed by atoms with van der Waals surface area (Å²) in [5.74, 6) is 0.712. The van der Waals surface area contributed by atoms with E-state index in [2.05, 4.69) is 4.99 Å². The van der Waals surface area contributed by atoms with Crippen molar-refractivity contribution in [1.29, 1.82) is 0 Å². The molecule has 0 aliphatic carbocycles. The van der Waals surface area contributed by atoms with E-state index in [0.29, 0.717) is 17.0 Å². The van der Waals surface area contributed by atoms with E-state index in [1.165, 1.54) is 13.2 Å². The Morgan fingerprint density at radius 2 is 1.68 bits per heavy atom. The molecule has 0 aromatic heterocycles. The van der Waals surface area contributed by atoms with Gasteiger partial charge in [0.05, 0.1) is 24.9 Å². The third-order valence-corrected chi connectivity index (χ3v) is 4.48. The first-order valence-corrected chi connectivity index (χ1v) is 9.61. The standard InChI is InChI=1S/C24H20ClNO5/c1-29-20-10-3-16(4-11-20)5-12-23(28)31-24-21(25)13-17(14-22(24)30-2)15-26-18-6-8-19(27)9-7-18/h3-15,27H,1-2H3/b12-5+,26-15?. The molecule has 0 atom stereocenters. The van der Waals surface area contributed by atoms with E-state index >= 15 is 0 Å². The van der Waals surface area contributed by atoms with Crippen LogP contribution in [0.4, 0.5) is 5.69 Å². The summed E-state index contributed by atoms with van der Waals surface area (Å²) in [6.07, 6.45) is 4.52. The monoisotopic (exact) mass is 437 g/mol. The number of hydrogen-bond acceptors (Lipinski definition) is 6. The molecule has 7 heteroatoms. The Morgan fingerprint density at radius 1 is 0.968 bits per heavy atom. The van der Waals surface area contributed by atoms with Crippen molar-refractivity contribution in [2.75, 3.05) is 14.2 Å². The van der Waals surface area contributed by atoms with E-state index in [0.717, 1.165) is 11.3 Å². The zero-order valence-corrected chi connectivity index (χ0v) is 17.7. The molecule has 0 unspecified atom stereocenters. The van der Waals surface area contributed by atoms with Crippen molar-refractivity contribution in [1.82, 2.24) is 0 Å². The molecule has 0 spiro atoms. The van der Waals surface area contributed by atoms with Gasteiger partial charge < -0.3 is 19.3 Å². The number of phenolic OH excluding ortho intramolecular Hbond substituents is 1. The Bertz CT molecular complexity index is 1110. The Balaban J connectivity index is 1.73. The molecule has 0 amide bonds. The van der Waals surface area contributed by atoms with Crippen molar-refractivity contribution in [2.24, 2.45) is 4.99 Å². The molecular formula is C24H20ClNO5. The molecule has 158 valence electrons. The van der Waals surface area contributed by atoms with E-state index in [-0.39, 0.29) is 16.5 Å². The lowest BCUT2D eigenvalue weighted by Crippen LogP contribution is -2.06. The number of esters is 1. The number of halogens is 1. The molecule has 31 heavy (non-hydrogen) atoms. The number of aromatic hydroxyl groups is 1. The zero-order chi connectivity index (χ0) is 22.2. The number of carbonyl (C=O) groups excluding carboxylic acids is 1. The Kier molecular flexibility index (Phi) is 7.30. The van der Waals surface area contributed by atoms with Crippen molar-refractivity contribution in [3.63, 3.8) is 0 Å². The molecule has 3 aromatic carbocycles. The van der Waals surface area contributed by atoms with E-state index in [4.69, 9.17) is 25.8 Å². The minimum absolute atomic E-state index is 0.121. The molecule has 0 saturated carbocycles. The van der Waals surface area contributed by atoms with Gasteiger partial charge in [0.15, 0.2) is 11.5 Å². The Hall–Kier alpha value is -3.77. The van der Waals surface area contributed by atoms with Gasteiger partial charge in [-0.1, -0.05) is 23.7 Å². The van der Waals surface area contributed by atoms with Gasteiger partial charge in [-0.15, -0.1) is 0 Å². The Labute approximate surface area is 185 Å². The zero-order valence-electron chi connectivity index (χ0n) is 16.9. The number of phenols is 1. The average molecular weight is 438 g/mol. The number of carbonyl (C=O) groups is 1. The lowest BCUT2D eigenvalue weighted by molar-refractivity contribution is -0.129. The molecule has 6 nitrogen and oxygen atoms in total. The molecule has 0 bridgehead atoms. The van der Waals surface area contributed by atoms with Crippen LogP contribution in [0.2, 0.25) is 5.02 Å². The van der Waals surface area contributed by atoms with Crippen molar-refractivity contribution in [3.05, 3.63) is 82.9 Å². The van der Waals surface area contributed by atoms with Gasteiger partial charge in [-0.3, -0.25) is 4.99 Å². The summed E-state index contributed by atoms with van der Waals surface area (Å²) < 4.78 is 15.8. The first kappa shape index (κ1) is 21.9. The SMILES string of the molecule is COc1ccc(/C=C/C(=O)Oc2c(Cl)cc(C=Nc3ccc(O)cc3)cc2OC)cc1. The highest BCUT2D eigenvalue weighted by Gasteiger charge is 2.14. The van der Waals surface area contributed by atoms with Crippen LogP contribution in [0.25, 0.3) is 6.08 Å². The summed E-state index contributed by atoms with van der Waals surface area (Å²) in [5.41, 5.74) is 2.13. The van der Waals surface area contributed by atoms with E-state index in [1.807, 2.05) is 12.1 Å². The van der Waals surface area contributed by atoms with Crippen LogP contribution in [-0.2, 0) is 4.79 Å². The fourth-order valence-electron chi connectivity index (χ4n) is 2.62. The van der Waals surface area contributed by atoms with Gasteiger partial charge in [-0.2, -0.15) is 0 Å². The van der Waals surface area contributed by atoms with Gasteiger partial charge in [0.25, 0.3) is 0 Å². The third kappa shape index (κ3) is 6.10. The highest BCUT2D eigenvalue weighted by molar-refractivity contribution is 6.32. The van der Waals surface area contributed by atoms with Gasteiger partial charge in [0.1, 0.15) is 11.5 Å². The summed E-state index contributed by atoms with van der Waals surface area (Å²) in [6.45, 7) is 0. The van der Waals surface area contributed by atoms with Crippen LogP contribution >= 0.6 is 11.6 Å². The normalized spacial score (nSPS) is 11.1. The van der Waals surface area contributed by atoms with Crippen LogP contribution in [0.5, 0.6) is 23.0 Å². The maximum atomic E-state index is 12.3. The molecule has 1 N–H and O–H groups in total. The van der Waals surface area contributed by atoms with Crippen molar-refractivity contribution in [3.8, 4) is 23.0 Å². The van der Waals surface area contributed by atoms with Gasteiger partial charge in [-0.25, -0.2) is 4.79 Å². The van der Waals surface area contributed by atoms with Crippen LogP contribution in [0.3, 0.4) is 0 Å². The lowest BCUT2D eigenvalue weighted by Gasteiger charge is -2.11. The molecule has 0 radical (unpaired) electrons. The second-order valence-corrected chi connectivity index (χ2v) is 6.74.